The molecule has 27 heavy (non-hydrogen) atoms. The average molecular weight is 402 g/mol. The van der Waals surface area contributed by atoms with Crippen molar-refractivity contribution in [3.05, 3.63) is 40.9 Å². The van der Waals surface area contributed by atoms with E-state index in [-0.39, 0.29) is 0 Å². The van der Waals surface area contributed by atoms with Gasteiger partial charge in [0.2, 0.25) is 11.1 Å². The Labute approximate surface area is 160 Å². The Kier molecular flexibility index (Phi) is 8.44. The number of thiol groups is 1. The van der Waals surface area contributed by atoms with Crippen LogP contribution in [0.5, 0.6) is 11.5 Å². The Balaban J connectivity index is 0.000000646. The molecule has 0 saturated heterocycles. The minimum atomic E-state index is -6.00. The number of nitrogens with zero attached hydrogens (tertiary/aromatic N) is 2. The lowest BCUT2D eigenvalue weighted by atomic mass is 10.0. The van der Waals surface area contributed by atoms with E-state index in [2.05, 4.69) is 17.6 Å². The predicted molar refractivity (Wildman–Crippen MR) is 101 cm³/mol. The molecule has 0 aliphatic heterocycles. The summed E-state index contributed by atoms with van der Waals surface area (Å²) in [5, 5.41) is 9.51. The SMILES string of the molecule is CCOc1cc(S)c(OCC)c([N+]#N)c1-c1ccc(C)cc1.F[B-](F)(F)F. The first-order valence-electron chi connectivity index (χ1n) is 8.07. The van der Waals surface area contributed by atoms with Crippen molar-refractivity contribution >= 4 is 25.6 Å². The van der Waals surface area contributed by atoms with Crippen LogP contribution in [0.3, 0.4) is 0 Å². The quantitative estimate of drug-likeness (QED) is 0.268. The van der Waals surface area contributed by atoms with E-state index in [9.17, 15) is 22.7 Å². The molecule has 0 N–H and O–H groups in total. The zero-order valence-electron chi connectivity index (χ0n) is 15.0. The summed E-state index contributed by atoms with van der Waals surface area (Å²) < 4.78 is 50.3. The topological polar surface area (TPSA) is 46.6 Å². The summed E-state index contributed by atoms with van der Waals surface area (Å²) in [4.78, 5) is 4.02. The zero-order chi connectivity index (χ0) is 20.6. The molecule has 0 radical (unpaired) electrons. The predicted octanol–water partition coefficient (Wildman–Crippen LogP) is 6.53. The van der Waals surface area contributed by atoms with Crippen molar-refractivity contribution in [2.24, 2.45) is 0 Å². The van der Waals surface area contributed by atoms with Gasteiger partial charge in [-0.05, 0) is 32.4 Å². The van der Waals surface area contributed by atoms with Crippen LogP contribution in [0.2, 0.25) is 0 Å². The van der Waals surface area contributed by atoms with Crippen LogP contribution < -0.4 is 9.47 Å². The van der Waals surface area contributed by atoms with Crippen molar-refractivity contribution in [2.45, 2.75) is 25.7 Å². The van der Waals surface area contributed by atoms with E-state index in [1.54, 1.807) is 6.07 Å². The van der Waals surface area contributed by atoms with Gasteiger partial charge in [0.15, 0.2) is 4.98 Å². The number of hydrogen-bond donors (Lipinski definition) is 1. The number of rotatable bonds is 5. The smallest absolute Gasteiger partial charge is 0.493 e. The molecule has 0 aliphatic carbocycles. The average Bonchev–Trinajstić information content (AvgIpc) is 2.57. The van der Waals surface area contributed by atoms with Crippen LogP contribution in [-0.2, 0) is 0 Å². The highest BCUT2D eigenvalue weighted by atomic mass is 32.1. The van der Waals surface area contributed by atoms with Crippen molar-refractivity contribution in [3.8, 4) is 22.6 Å². The Bertz CT molecular complexity index is 803. The fourth-order valence-electron chi connectivity index (χ4n) is 2.26. The molecule has 0 aromatic heterocycles. The number of diazo groups is 1. The van der Waals surface area contributed by atoms with Crippen LogP contribution in [0.15, 0.2) is 35.2 Å². The van der Waals surface area contributed by atoms with Gasteiger partial charge in [-0.25, -0.2) is 0 Å². The number of halogens is 4. The van der Waals surface area contributed by atoms with Crippen LogP contribution in [0.1, 0.15) is 19.4 Å². The van der Waals surface area contributed by atoms with Gasteiger partial charge in [0.05, 0.1) is 18.1 Å². The second kappa shape index (κ2) is 10.1. The maximum absolute atomic E-state index is 9.75. The highest BCUT2D eigenvalue weighted by molar-refractivity contribution is 7.80. The van der Waals surface area contributed by atoms with Gasteiger partial charge >= 0.3 is 12.9 Å². The van der Waals surface area contributed by atoms with Gasteiger partial charge in [0, 0.05) is 0 Å². The standard InChI is InChI=1S/C17H18N2O2S.BF4/c1-4-20-13-10-14(22)17(21-5-2)16(19-18)15(13)12-8-6-11(3)7-9-12;2-1(3,4)5/h6-10H,4-5H2,1-3H3;/q;-1/p+1. The van der Waals surface area contributed by atoms with Crippen LogP contribution in [-0.4, -0.2) is 20.5 Å². The molecule has 2 rings (SSSR count). The Morgan fingerprint density at radius 1 is 1.04 bits per heavy atom. The summed E-state index contributed by atoms with van der Waals surface area (Å²) in [5.41, 5.74) is 3.09. The Morgan fingerprint density at radius 3 is 2.00 bits per heavy atom. The third-order valence-corrected chi connectivity index (χ3v) is 3.56. The molecule has 0 heterocycles. The van der Waals surface area contributed by atoms with Gasteiger partial charge in [0.25, 0.3) is 0 Å². The van der Waals surface area contributed by atoms with Gasteiger partial charge in [-0.3, -0.25) is 0 Å². The highest BCUT2D eigenvalue weighted by Crippen LogP contribution is 2.48. The monoisotopic (exact) mass is 402 g/mol. The molecule has 0 amide bonds. The molecule has 0 spiro atoms. The Morgan fingerprint density at radius 2 is 1.56 bits per heavy atom. The van der Waals surface area contributed by atoms with Crippen LogP contribution in [0.4, 0.5) is 23.0 Å². The normalized spacial score (nSPS) is 10.5. The van der Waals surface area contributed by atoms with Crippen molar-refractivity contribution in [3.63, 3.8) is 0 Å². The maximum Gasteiger partial charge on any atom is 0.673 e. The fraction of sp³-hybridized carbons (Fsp3) is 0.294. The summed E-state index contributed by atoms with van der Waals surface area (Å²) in [6.45, 7) is 6.76. The summed E-state index contributed by atoms with van der Waals surface area (Å²) in [6.07, 6.45) is 0. The van der Waals surface area contributed by atoms with Gasteiger partial charge in [-0.15, -0.1) is 12.6 Å². The van der Waals surface area contributed by atoms with E-state index in [4.69, 9.17) is 9.47 Å². The van der Waals surface area contributed by atoms with E-state index in [0.29, 0.717) is 40.9 Å². The number of aryl methyl sites for hydroxylation is 1. The fourth-order valence-corrected chi connectivity index (χ4v) is 2.55. The minimum absolute atomic E-state index is 0.335. The largest absolute Gasteiger partial charge is 0.673 e. The van der Waals surface area contributed by atoms with Crippen LogP contribution in [0.25, 0.3) is 16.1 Å². The van der Waals surface area contributed by atoms with E-state index in [1.807, 2.05) is 45.0 Å². The summed E-state index contributed by atoms with van der Waals surface area (Å²) in [7, 11) is -6.00. The van der Waals surface area contributed by atoms with Crippen molar-refractivity contribution < 1.29 is 26.7 Å². The minimum Gasteiger partial charge on any atom is -0.493 e. The zero-order valence-corrected chi connectivity index (χ0v) is 15.9. The van der Waals surface area contributed by atoms with Gasteiger partial charge in [-0.2, -0.15) is 0 Å². The van der Waals surface area contributed by atoms with E-state index in [1.165, 1.54) is 0 Å². The molecular weight excluding hydrogens is 383 g/mol. The first-order valence-corrected chi connectivity index (χ1v) is 8.52. The maximum atomic E-state index is 9.75. The van der Waals surface area contributed by atoms with Gasteiger partial charge in [-0.1, -0.05) is 29.8 Å². The number of ether oxygens (including phenoxy) is 2. The van der Waals surface area contributed by atoms with Crippen LogP contribution >= 0.6 is 12.6 Å². The highest BCUT2D eigenvalue weighted by Gasteiger charge is 2.30. The van der Waals surface area contributed by atoms with E-state index < -0.39 is 7.25 Å². The molecule has 10 heteroatoms. The lowest BCUT2D eigenvalue weighted by Crippen LogP contribution is -2.02. The van der Waals surface area contributed by atoms with Crippen molar-refractivity contribution in [1.82, 2.24) is 0 Å². The first kappa shape index (κ1) is 22.6. The molecule has 0 unspecified atom stereocenters. The third-order valence-electron chi connectivity index (χ3n) is 3.23. The molecule has 0 saturated carbocycles. The van der Waals surface area contributed by atoms with Gasteiger partial charge < -0.3 is 26.7 Å². The molecule has 0 bridgehead atoms. The lowest BCUT2D eigenvalue weighted by Gasteiger charge is -2.12. The third kappa shape index (κ3) is 7.02. The molecule has 0 atom stereocenters. The van der Waals surface area contributed by atoms with Crippen molar-refractivity contribution in [2.75, 3.05) is 13.2 Å². The van der Waals surface area contributed by atoms with Crippen molar-refractivity contribution in [1.29, 1.82) is 5.39 Å². The second-order valence-electron chi connectivity index (χ2n) is 5.27. The molecular formula is C17H19BF4N2O2S. The number of benzene rings is 2. The molecule has 2 aromatic rings. The summed E-state index contributed by atoms with van der Waals surface area (Å²) >= 11 is 4.42. The molecule has 146 valence electrons. The van der Waals surface area contributed by atoms with E-state index >= 15 is 0 Å². The van der Waals surface area contributed by atoms with Gasteiger partial charge in [0.1, 0.15) is 11.3 Å². The number of hydrogen-bond acceptors (Lipinski definition) is 4. The van der Waals surface area contributed by atoms with Crippen LogP contribution in [0, 0.1) is 12.3 Å². The molecule has 0 aliphatic rings. The summed E-state index contributed by atoms with van der Waals surface area (Å²) in [6, 6.07) is 9.73. The first-order chi connectivity index (χ1) is 12.6. The Hall–Kier alpha value is -2.41. The molecule has 0 fully saturated rings. The molecule has 4 nitrogen and oxygen atoms in total. The molecule has 2 aromatic carbocycles. The lowest BCUT2D eigenvalue weighted by molar-refractivity contribution is 0.326. The van der Waals surface area contributed by atoms with E-state index in [0.717, 1.165) is 11.1 Å². The summed E-state index contributed by atoms with van der Waals surface area (Å²) in [5.74, 6) is 1.07. The second-order valence-corrected chi connectivity index (χ2v) is 5.76.